The number of nitrogens with one attached hydrogen (secondary N) is 2. The summed E-state index contributed by atoms with van der Waals surface area (Å²) in [5, 5.41) is 6.88. The molecule has 20 heavy (non-hydrogen) atoms. The quantitative estimate of drug-likeness (QED) is 0.820. The van der Waals surface area contributed by atoms with Gasteiger partial charge in [-0.05, 0) is 26.0 Å². The van der Waals surface area contributed by atoms with Gasteiger partial charge in [-0.2, -0.15) is 5.10 Å². The van der Waals surface area contributed by atoms with Gasteiger partial charge in [0.1, 0.15) is 5.69 Å². The number of anilines is 1. The van der Waals surface area contributed by atoms with Crippen LogP contribution in [-0.4, -0.2) is 33.2 Å². The van der Waals surface area contributed by atoms with Gasteiger partial charge in [0.05, 0.1) is 17.1 Å². The summed E-state index contributed by atoms with van der Waals surface area (Å²) in [5.41, 5.74) is 2.51. The van der Waals surface area contributed by atoms with Gasteiger partial charge in [-0.3, -0.25) is 9.48 Å². The molecule has 0 aliphatic rings. The minimum absolute atomic E-state index is 0.312. The van der Waals surface area contributed by atoms with Gasteiger partial charge in [0.25, 0.3) is 5.91 Å². The van der Waals surface area contributed by atoms with Gasteiger partial charge in [-0.25, -0.2) is 4.79 Å². The fourth-order valence-corrected chi connectivity index (χ4v) is 1.80. The van der Waals surface area contributed by atoms with Gasteiger partial charge in [-0.15, -0.1) is 0 Å². The van der Waals surface area contributed by atoms with Crippen molar-refractivity contribution < 1.29 is 14.3 Å². The molecular formula is C13H16N4O3. The summed E-state index contributed by atoms with van der Waals surface area (Å²) < 4.78 is 6.57. The molecule has 7 nitrogen and oxygen atoms in total. The monoisotopic (exact) mass is 276 g/mol. The maximum atomic E-state index is 11.8. The minimum atomic E-state index is -0.565. The van der Waals surface area contributed by atoms with Crippen LogP contribution in [0, 0.1) is 13.8 Å². The summed E-state index contributed by atoms with van der Waals surface area (Å²) in [6.07, 6.45) is 1.61. The third-order valence-corrected chi connectivity index (χ3v) is 2.93. The first-order valence-electron chi connectivity index (χ1n) is 6.09. The summed E-state index contributed by atoms with van der Waals surface area (Å²) in [6, 6.07) is 3.26. The maximum Gasteiger partial charge on any atom is 0.355 e. The number of esters is 1. The first-order valence-corrected chi connectivity index (χ1v) is 6.09. The summed E-state index contributed by atoms with van der Waals surface area (Å²) in [7, 11) is 1.79. The molecule has 2 rings (SSSR count). The Bertz CT molecular complexity index is 628. The average molecular weight is 276 g/mol. The first-order chi connectivity index (χ1) is 9.49. The molecule has 0 aliphatic carbocycles. The van der Waals surface area contributed by atoms with Gasteiger partial charge in [0.15, 0.2) is 6.61 Å². The third kappa shape index (κ3) is 2.87. The Hall–Kier alpha value is -2.57. The molecule has 0 spiro atoms. The normalized spacial score (nSPS) is 10.3. The van der Waals surface area contributed by atoms with Crippen molar-refractivity contribution in [1.29, 1.82) is 0 Å². The molecule has 0 aromatic carbocycles. The van der Waals surface area contributed by atoms with Crippen LogP contribution >= 0.6 is 0 Å². The SMILES string of the molecule is Cc1nn(C)c(C)c1NC(=O)COC(=O)c1ccc[nH]1. The fourth-order valence-electron chi connectivity index (χ4n) is 1.80. The predicted molar refractivity (Wildman–Crippen MR) is 72.4 cm³/mol. The molecule has 0 bridgehead atoms. The molecule has 106 valence electrons. The Kier molecular flexibility index (Phi) is 3.88. The van der Waals surface area contributed by atoms with Crippen LogP contribution < -0.4 is 5.32 Å². The lowest BCUT2D eigenvalue weighted by Crippen LogP contribution is -2.21. The van der Waals surface area contributed by atoms with Crippen LogP contribution in [0.25, 0.3) is 0 Å². The van der Waals surface area contributed by atoms with E-state index in [4.69, 9.17) is 4.74 Å². The second-order valence-electron chi connectivity index (χ2n) is 4.38. The van der Waals surface area contributed by atoms with Crippen molar-refractivity contribution in [3.05, 3.63) is 35.4 Å². The van der Waals surface area contributed by atoms with Crippen LogP contribution in [0.15, 0.2) is 18.3 Å². The van der Waals surface area contributed by atoms with E-state index >= 15 is 0 Å². The molecule has 1 amide bonds. The average Bonchev–Trinajstić information content (AvgIpc) is 3.01. The second-order valence-corrected chi connectivity index (χ2v) is 4.38. The molecule has 2 heterocycles. The Morgan fingerprint density at radius 2 is 2.20 bits per heavy atom. The molecular weight excluding hydrogens is 260 g/mol. The number of amides is 1. The van der Waals surface area contributed by atoms with Crippen LogP contribution in [0.4, 0.5) is 5.69 Å². The number of aryl methyl sites for hydroxylation is 2. The largest absolute Gasteiger partial charge is 0.451 e. The molecule has 7 heteroatoms. The molecule has 0 radical (unpaired) electrons. The summed E-state index contributed by atoms with van der Waals surface area (Å²) in [6.45, 7) is 3.31. The second kappa shape index (κ2) is 5.60. The van der Waals surface area contributed by atoms with Crippen LogP contribution in [0.1, 0.15) is 21.9 Å². The van der Waals surface area contributed by atoms with Crippen LogP contribution in [-0.2, 0) is 16.6 Å². The third-order valence-electron chi connectivity index (χ3n) is 2.93. The summed E-state index contributed by atoms with van der Waals surface area (Å²) in [4.78, 5) is 26.0. The number of aromatic nitrogens is 3. The maximum absolute atomic E-state index is 11.8. The first kappa shape index (κ1) is 13.9. The highest BCUT2D eigenvalue weighted by Gasteiger charge is 2.14. The molecule has 2 N–H and O–H groups in total. The van der Waals surface area contributed by atoms with E-state index in [1.165, 1.54) is 0 Å². The lowest BCUT2D eigenvalue weighted by atomic mass is 10.3. The van der Waals surface area contributed by atoms with Crippen molar-refractivity contribution in [1.82, 2.24) is 14.8 Å². The number of aromatic amines is 1. The van der Waals surface area contributed by atoms with Crippen molar-refractivity contribution in [3.63, 3.8) is 0 Å². The Labute approximate surface area is 115 Å². The fraction of sp³-hybridized carbons (Fsp3) is 0.308. The number of nitrogens with zero attached hydrogens (tertiary/aromatic N) is 2. The number of carbonyl (C=O) groups is 2. The Morgan fingerprint density at radius 1 is 1.45 bits per heavy atom. The van der Waals surface area contributed by atoms with E-state index in [1.54, 1.807) is 37.0 Å². The van der Waals surface area contributed by atoms with E-state index in [2.05, 4.69) is 15.4 Å². The van der Waals surface area contributed by atoms with Gasteiger partial charge < -0.3 is 15.0 Å². The summed E-state index contributed by atoms with van der Waals surface area (Å²) in [5.74, 6) is -0.964. The highest BCUT2D eigenvalue weighted by atomic mass is 16.5. The molecule has 0 saturated heterocycles. The molecule has 2 aromatic rings. The lowest BCUT2D eigenvalue weighted by molar-refractivity contribution is -0.119. The van der Waals surface area contributed by atoms with Crippen molar-refractivity contribution in [2.24, 2.45) is 7.05 Å². The predicted octanol–water partition coefficient (Wildman–Crippen LogP) is 1.16. The van der Waals surface area contributed by atoms with Gasteiger partial charge >= 0.3 is 5.97 Å². The summed E-state index contributed by atoms with van der Waals surface area (Å²) >= 11 is 0. The van der Waals surface area contributed by atoms with Crippen LogP contribution in [0.3, 0.4) is 0 Å². The Balaban J connectivity index is 1.91. The van der Waals surface area contributed by atoms with E-state index in [0.717, 1.165) is 5.69 Å². The minimum Gasteiger partial charge on any atom is -0.451 e. The number of ether oxygens (including phenoxy) is 1. The van der Waals surface area contributed by atoms with Crippen molar-refractivity contribution in [2.75, 3.05) is 11.9 Å². The molecule has 0 atom stereocenters. The zero-order valence-corrected chi connectivity index (χ0v) is 11.6. The highest BCUT2D eigenvalue weighted by molar-refractivity contribution is 5.95. The van der Waals surface area contributed by atoms with E-state index in [0.29, 0.717) is 17.1 Å². The smallest absolute Gasteiger partial charge is 0.355 e. The standard InChI is InChI=1S/C13H16N4O3/c1-8-12(9(2)17(3)16-8)15-11(18)7-20-13(19)10-5-4-6-14-10/h4-6,14H,7H2,1-3H3,(H,15,18). The topological polar surface area (TPSA) is 89.0 Å². The number of hydrogen-bond acceptors (Lipinski definition) is 4. The van der Waals surface area contributed by atoms with Crippen molar-refractivity contribution in [3.8, 4) is 0 Å². The van der Waals surface area contributed by atoms with Crippen LogP contribution in [0.5, 0.6) is 0 Å². The highest BCUT2D eigenvalue weighted by Crippen LogP contribution is 2.17. The number of rotatable bonds is 4. The molecule has 0 aliphatic heterocycles. The van der Waals surface area contributed by atoms with Gasteiger partial charge in [0, 0.05) is 13.2 Å². The molecule has 0 unspecified atom stereocenters. The van der Waals surface area contributed by atoms with Gasteiger partial charge in [-0.1, -0.05) is 0 Å². The number of carbonyl (C=O) groups excluding carboxylic acids is 2. The Morgan fingerprint density at radius 3 is 2.75 bits per heavy atom. The van der Waals surface area contributed by atoms with Gasteiger partial charge in [0.2, 0.25) is 0 Å². The zero-order valence-electron chi connectivity index (χ0n) is 11.6. The molecule has 2 aromatic heterocycles. The van der Waals surface area contributed by atoms with E-state index < -0.39 is 11.9 Å². The molecule has 0 fully saturated rings. The van der Waals surface area contributed by atoms with E-state index in [9.17, 15) is 9.59 Å². The number of H-pyrrole nitrogens is 1. The number of hydrogen-bond donors (Lipinski definition) is 2. The molecule has 0 saturated carbocycles. The van der Waals surface area contributed by atoms with Crippen molar-refractivity contribution in [2.45, 2.75) is 13.8 Å². The van der Waals surface area contributed by atoms with E-state index in [-0.39, 0.29) is 6.61 Å². The lowest BCUT2D eigenvalue weighted by Gasteiger charge is -2.06. The van der Waals surface area contributed by atoms with Crippen molar-refractivity contribution >= 4 is 17.6 Å². The van der Waals surface area contributed by atoms with Crippen LogP contribution in [0.2, 0.25) is 0 Å². The zero-order chi connectivity index (χ0) is 14.7. The van der Waals surface area contributed by atoms with E-state index in [1.807, 2.05) is 6.92 Å².